The van der Waals surface area contributed by atoms with E-state index >= 15 is 0 Å². The summed E-state index contributed by atoms with van der Waals surface area (Å²) in [5.41, 5.74) is 2.87. The first-order chi connectivity index (χ1) is 11.9. The van der Waals surface area contributed by atoms with E-state index in [1.807, 2.05) is 6.92 Å². The molecule has 4 nitrogen and oxygen atoms in total. The minimum Gasteiger partial charge on any atom is -0.491 e. The third-order valence-electron chi connectivity index (χ3n) is 6.14. The standard InChI is InChI=1S/C21H30O4/c1-13(12-22)5-4-6-14(2)15-9-10-21(3)17(15)11-16-19(25-21)8-7-18(23)20(16)24/h5,9,14,17-18,22-23H,4,6-8,10-12H2,1-3H3/b13-5+/t14-,17+,18-,21+/m0/s1. The van der Waals surface area contributed by atoms with Crippen LogP contribution in [0.5, 0.6) is 0 Å². The molecule has 0 aromatic heterocycles. The summed E-state index contributed by atoms with van der Waals surface area (Å²) >= 11 is 0. The SMILES string of the molecule is C/C(=C\CC[C@H](C)C1=CC[C@@]2(C)OC3=C(C[C@H]12)C(=O)[C@@H](O)CC3)CO. The molecule has 4 atom stereocenters. The lowest BCUT2D eigenvalue weighted by Gasteiger charge is -2.43. The third kappa shape index (κ3) is 3.47. The van der Waals surface area contributed by atoms with Crippen LogP contribution < -0.4 is 0 Å². The first kappa shape index (κ1) is 18.4. The molecular formula is C21H30O4. The lowest BCUT2D eigenvalue weighted by atomic mass is 9.74. The molecule has 0 spiro atoms. The van der Waals surface area contributed by atoms with Crippen LogP contribution in [0.4, 0.5) is 0 Å². The number of carbonyl (C=O) groups is 1. The highest BCUT2D eigenvalue weighted by Gasteiger charge is 2.49. The highest BCUT2D eigenvalue weighted by molar-refractivity contribution is 6.00. The summed E-state index contributed by atoms with van der Waals surface area (Å²) in [6.07, 6.45) is 8.25. The zero-order valence-corrected chi connectivity index (χ0v) is 15.5. The molecule has 2 aliphatic carbocycles. The molecule has 4 heteroatoms. The zero-order valence-electron chi connectivity index (χ0n) is 15.5. The largest absolute Gasteiger partial charge is 0.491 e. The van der Waals surface area contributed by atoms with E-state index in [9.17, 15) is 9.90 Å². The van der Waals surface area contributed by atoms with E-state index in [1.54, 1.807) is 0 Å². The molecular weight excluding hydrogens is 316 g/mol. The Bertz CT molecular complexity index is 642. The number of hydrogen-bond acceptors (Lipinski definition) is 4. The molecule has 0 saturated carbocycles. The number of aliphatic hydroxyl groups is 2. The Hall–Kier alpha value is -1.39. The van der Waals surface area contributed by atoms with Crippen molar-refractivity contribution in [3.05, 3.63) is 34.6 Å². The van der Waals surface area contributed by atoms with E-state index in [-0.39, 0.29) is 23.9 Å². The zero-order chi connectivity index (χ0) is 18.2. The van der Waals surface area contributed by atoms with Crippen LogP contribution >= 0.6 is 0 Å². The van der Waals surface area contributed by atoms with Crippen LogP contribution in [0.15, 0.2) is 34.6 Å². The van der Waals surface area contributed by atoms with Gasteiger partial charge in [-0.25, -0.2) is 0 Å². The van der Waals surface area contributed by atoms with Crippen molar-refractivity contribution in [3.63, 3.8) is 0 Å². The number of ketones is 1. The Kier molecular flexibility index (Phi) is 5.21. The molecule has 3 aliphatic rings. The summed E-state index contributed by atoms with van der Waals surface area (Å²) in [6, 6.07) is 0. The molecule has 25 heavy (non-hydrogen) atoms. The average molecular weight is 346 g/mol. The smallest absolute Gasteiger partial charge is 0.190 e. The number of hydrogen-bond donors (Lipinski definition) is 2. The maximum atomic E-state index is 12.4. The van der Waals surface area contributed by atoms with Crippen molar-refractivity contribution in [2.24, 2.45) is 11.8 Å². The average Bonchev–Trinajstić information content (AvgIpc) is 2.93. The van der Waals surface area contributed by atoms with E-state index < -0.39 is 6.10 Å². The molecule has 0 saturated heterocycles. The minimum absolute atomic E-state index is 0.118. The number of ether oxygens (including phenoxy) is 1. The number of fused-ring (bicyclic) bond motifs is 1. The quantitative estimate of drug-likeness (QED) is 0.748. The van der Waals surface area contributed by atoms with Crippen molar-refractivity contribution >= 4 is 5.78 Å². The van der Waals surface area contributed by atoms with Crippen molar-refractivity contribution < 1.29 is 19.7 Å². The number of Topliss-reactive ketones (excluding diaryl/α,β-unsaturated/α-hetero) is 1. The molecule has 0 bridgehead atoms. The van der Waals surface area contributed by atoms with Gasteiger partial charge in [-0.1, -0.05) is 30.2 Å². The Balaban J connectivity index is 1.73. The Morgan fingerprint density at radius 1 is 1.52 bits per heavy atom. The lowest BCUT2D eigenvalue weighted by molar-refractivity contribution is -0.127. The van der Waals surface area contributed by atoms with Gasteiger partial charge < -0.3 is 14.9 Å². The molecule has 1 heterocycles. The van der Waals surface area contributed by atoms with Gasteiger partial charge in [-0.3, -0.25) is 4.79 Å². The summed E-state index contributed by atoms with van der Waals surface area (Å²) in [5, 5.41) is 19.0. The topological polar surface area (TPSA) is 66.8 Å². The number of carbonyl (C=O) groups excluding carboxylic acids is 1. The fourth-order valence-corrected chi connectivity index (χ4v) is 4.46. The molecule has 0 amide bonds. The molecule has 0 unspecified atom stereocenters. The second-order valence-electron chi connectivity index (χ2n) is 8.09. The van der Waals surface area contributed by atoms with Gasteiger partial charge in [0.25, 0.3) is 0 Å². The molecule has 1 aliphatic heterocycles. The van der Waals surface area contributed by atoms with Gasteiger partial charge in [0.2, 0.25) is 0 Å². The second-order valence-corrected chi connectivity index (χ2v) is 8.09. The first-order valence-electron chi connectivity index (χ1n) is 9.45. The van der Waals surface area contributed by atoms with Crippen molar-refractivity contribution in [1.29, 1.82) is 0 Å². The van der Waals surface area contributed by atoms with E-state index in [2.05, 4.69) is 26.0 Å². The number of allylic oxidation sites excluding steroid dienone is 2. The first-order valence-corrected chi connectivity index (χ1v) is 9.45. The van der Waals surface area contributed by atoms with Gasteiger partial charge in [-0.15, -0.1) is 0 Å². The number of rotatable bonds is 5. The number of aliphatic hydroxyl groups excluding tert-OH is 2. The van der Waals surface area contributed by atoms with Crippen molar-refractivity contribution in [2.75, 3.05) is 6.61 Å². The van der Waals surface area contributed by atoms with Gasteiger partial charge in [0.05, 0.1) is 6.61 Å². The van der Waals surface area contributed by atoms with Crippen LogP contribution in [0.2, 0.25) is 0 Å². The molecule has 2 N–H and O–H groups in total. The van der Waals surface area contributed by atoms with Crippen molar-refractivity contribution in [3.8, 4) is 0 Å². The fourth-order valence-electron chi connectivity index (χ4n) is 4.46. The van der Waals surface area contributed by atoms with Gasteiger partial charge in [-0.2, -0.15) is 0 Å². The highest BCUT2D eigenvalue weighted by atomic mass is 16.5. The third-order valence-corrected chi connectivity index (χ3v) is 6.14. The summed E-state index contributed by atoms with van der Waals surface area (Å²) in [6.45, 7) is 6.46. The molecule has 0 radical (unpaired) electrons. The summed E-state index contributed by atoms with van der Waals surface area (Å²) in [5.74, 6) is 1.32. The summed E-state index contributed by atoms with van der Waals surface area (Å²) in [4.78, 5) is 12.4. The van der Waals surface area contributed by atoms with Gasteiger partial charge in [-0.05, 0) is 45.4 Å². The maximum Gasteiger partial charge on any atom is 0.190 e. The van der Waals surface area contributed by atoms with E-state index in [1.165, 1.54) is 5.57 Å². The van der Waals surface area contributed by atoms with Gasteiger partial charge in [0, 0.05) is 24.3 Å². The van der Waals surface area contributed by atoms with Crippen LogP contribution in [-0.2, 0) is 9.53 Å². The molecule has 0 aromatic carbocycles. The predicted molar refractivity (Wildman–Crippen MR) is 96.8 cm³/mol. The Labute approximate surface area is 150 Å². The maximum absolute atomic E-state index is 12.4. The normalized spacial score (nSPS) is 33.6. The summed E-state index contributed by atoms with van der Waals surface area (Å²) in [7, 11) is 0. The van der Waals surface area contributed by atoms with E-state index in [0.717, 1.165) is 36.2 Å². The molecule has 3 rings (SSSR count). The fraction of sp³-hybridized carbons (Fsp3) is 0.667. The van der Waals surface area contributed by atoms with Crippen LogP contribution in [-0.4, -0.2) is 34.3 Å². The van der Waals surface area contributed by atoms with Crippen molar-refractivity contribution in [2.45, 2.75) is 71.0 Å². The van der Waals surface area contributed by atoms with Crippen LogP contribution in [0.25, 0.3) is 0 Å². The molecule has 0 aromatic rings. The van der Waals surface area contributed by atoms with Crippen LogP contribution in [0.1, 0.15) is 59.3 Å². The van der Waals surface area contributed by atoms with E-state index in [0.29, 0.717) is 25.2 Å². The Morgan fingerprint density at radius 2 is 2.28 bits per heavy atom. The van der Waals surface area contributed by atoms with Gasteiger partial charge in [0.15, 0.2) is 5.78 Å². The molecule has 138 valence electrons. The second kappa shape index (κ2) is 7.08. The van der Waals surface area contributed by atoms with Crippen LogP contribution in [0.3, 0.4) is 0 Å². The van der Waals surface area contributed by atoms with Gasteiger partial charge in [0.1, 0.15) is 17.5 Å². The van der Waals surface area contributed by atoms with Crippen molar-refractivity contribution in [1.82, 2.24) is 0 Å². The lowest BCUT2D eigenvalue weighted by Crippen LogP contribution is -2.43. The summed E-state index contributed by atoms with van der Waals surface area (Å²) < 4.78 is 6.31. The monoisotopic (exact) mass is 346 g/mol. The van der Waals surface area contributed by atoms with Crippen LogP contribution in [0, 0.1) is 11.8 Å². The molecule has 0 fully saturated rings. The Morgan fingerprint density at radius 3 is 3.00 bits per heavy atom. The highest BCUT2D eigenvalue weighted by Crippen LogP contribution is 2.51. The minimum atomic E-state index is -0.857. The van der Waals surface area contributed by atoms with Gasteiger partial charge >= 0.3 is 0 Å². The van der Waals surface area contributed by atoms with E-state index in [4.69, 9.17) is 9.84 Å². The predicted octanol–water partition coefficient (Wildman–Crippen LogP) is 3.44.